The summed E-state index contributed by atoms with van der Waals surface area (Å²) in [6.07, 6.45) is -0.142. The third-order valence-corrected chi connectivity index (χ3v) is 6.00. The predicted octanol–water partition coefficient (Wildman–Crippen LogP) is 3.11. The zero-order valence-corrected chi connectivity index (χ0v) is 17.6. The Morgan fingerprint density at radius 1 is 1.18 bits per heavy atom. The fourth-order valence-electron chi connectivity index (χ4n) is 3.53. The molecule has 9 heteroatoms. The van der Waals surface area contributed by atoms with Crippen LogP contribution < -0.4 is 4.90 Å². The number of rotatable bonds is 6. The highest BCUT2D eigenvalue weighted by atomic mass is 32.1. The van der Waals surface area contributed by atoms with Gasteiger partial charge in [0.05, 0.1) is 11.9 Å². The summed E-state index contributed by atoms with van der Waals surface area (Å²) in [6, 6.07) is 0. The van der Waals surface area contributed by atoms with E-state index < -0.39 is 0 Å². The third-order valence-electron chi connectivity index (χ3n) is 5.00. The van der Waals surface area contributed by atoms with Gasteiger partial charge in [-0.2, -0.15) is 4.98 Å². The molecule has 0 N–H and O–H groups in total. The molecule has 28 heavy (non-hydrogen) atoms. The van der Waals surface area contributed by atoms with Crippen LogP contribution in [0.25, 0.3) is 10.2 Å². The first-order chi connectivity index (χ1) is 13.5. The Balaban J connectivity index is 1.41. The highest BCUT2D eigenvalue weighted by molar-refractivity contribution is 7.17. The van der Waals surface area contributed by atoms with E-state index >= 15 is 0 Å². The van der Waals surface area contributed by atoms with Crippen LogP contribution in [0.1, 0.15) is 43.1 Å². The van der Waals surface area contributed by atoms with E-state index in [1.165, 1.54) is 10.9 Å². The molecule has 8 nitrogen and oxygen atoms in total. The Morgan fingerprint density at radius 3 is 2.71 bits per heavy atom. The van der Waals surface area contributed by atoms with Crippen LogP contribution in [0.5, 0.6) is 0 Å². The maximum atomic E-state index is 5.53. The topological polar surface area (TPSA) is 80.4 Å². The van der Waals surface area contributed by atoms with Crippen LogP contribution in [0.4, 0.5) is 5.82 Å². The van der Waals surface area contributed by atoms with Crippen LogP contribution in [0.3, 0.4) is 0 Å². The van der Waals surface area contributed by atoms with Gasteiger partial charge in [-0.1, -0.05) is 5.16 Å². The van der Waals surface area contributed by atoms with E-state index in [4.69, 9.17) is 14.2 Å². The first-order valence-corrected chi connectivity index (χ1v) is 10.6. The molecule has 0 spiro atoms. The molecule has 0 bridgehead atoms. The molecule has 0 saturated carbocycles. The molecule has 0 aromatic carbocycles. The Bertz CT molecular complexity index is 947. The molecule has 1 aliphatic rings. The summed E-state index contributed by atoms with van der Waals surface area (Å²) in [7, 11) is 0. The molecule has 0 amide bonds. The fraction of sp³-hybridized carbons (Fsp3) is 0.579. The van der Waals surface area contributed by atoms with Crippen molar-refractivity contribution in [3.8, 4) is 0 Å². The van der Waals surface area contributed by atoms with Gasteiger partial charge in [0.2, 0.25) is 5.89 Å². The fourth-order valence-corrected chi connectivity index (χ4v) is 4.49. The standard InChI is InChI=1S/C19H26N6O2S/c1-5-26-13(3)17-22-15(27-23-17)10-24-6-8-25(9-7-24)18-16-12(2)11-28-19(16)21-14(4)20-18/h11,13H,5-10H2,1-4H3. The van der Waals surface area contributed by atoms with Crippen molar-refractivity contribution in [1.82, 2.24) is 25.0 Å². The van der Waals surface area contributed by atoms with Gasteiger partial charge in [0, 0.05) is 32.8 Å². The molecule has 0 radical (unpaired) electrons. The number of ether oxygens (including phenoxy) is 1. The van der Waals surface area contributed by atoms with Gasteiger partial charge in [0.25, 0.3) is 0 Å². The van der Waals surface area contributed by atoms with Gasteiger partial charge in [-0.15, -0.1) is 11.3 Å². The molecule has 1 atom stereocenters. The van der Waals surface area contributed by atoms with E-state index in [2.05, 4.69) is 37.2 Å². The molecule has 4 heterocycles. The molecule has 1 saturated heterocycles. The van der Waals surface area contributed by atoms with Crippen molar-refractivity contribution in [3.63, 3.8) is 0 Å². The number of hydrogen-bond donors (Lipinski definition) is 0. The van der Waals surface area contributed by atoms with Crippen molar-refractivity contribution in [2.24, 2.45) is 0 Å². The second-order valence-corrected chi connectivity index (χ2v) is 7.96. The molecule has 3 aromatic rings. The van der Waals surface area contributed by atoms with E-state index in [-0.39, 0.29) is 6.10 Å². The van der Waals surface area contributed by atoms with Crippen LogP contribution in [-0.4, -0.2) is 57.8 Å². The summed E-state index contributed by atoms with van der Waals surface area (Å²) in [5, 5.41) is 7.40. The van der Waals surface area contributed by atoms with Gasteiger partial charge in [0.1, 0.15) is 22.6 Å². The molecular weight excluding hydrogens is 376 g/mol. The van der Waals surface area contributed by atoms with Gasteiger partial charge in [0.15, 0.2) is 5.82 Å². The minimum absolute atomic E-state index is 0.142. The average molecular weight is 403 g/mol. The maximum absolute atomic E-state index is 5.53. The molecule has 3 aromatic heterocycles. The minimum atomic E-state index is -0.142. The zero-order valence-electron chi connectivity index (χ0n) is 16.8. The molecule has 1 fully saturated rings. The van der Waals surface area contributed by atoms with Crippen LogP contribution in [-0.2, 0) is 11.3 Å². The normalized spacial score (nSPS) is 16.8. The Kier molecular flexibility index (Phi) is 5.56. The Morgan fingerprint density at radius 2 is 1.96 bits per heavy atom. The number of fused-ring (bicyclic) bond motifs is 1. The third kappa shape index (κ3) is 3.87. The molecular formula is C19H26N6O2S. The highest BCUT2D eigenvalue weighted by Crippen LogP contribution is 2.32. The Labute approximate surface area is 168 Å². The quantitative estimate of drug-likeness (QED) is 0.622. The smallest absolute Gasteiger partial charge is 0.240 e. The van der Waals surface area contributed by atoms with Gasteiger partial charge in [-0.3, -0.25) is 4.90 Å². The molecule has 1 aliphatic heterocycles. The van der Waals surface area contributed by atoms with Crippen molar-refractivity contribution in [3.05, 3.63) is 28.5 Å². The van der Waals surface area contributed by atoms with Crippen LogP contribution >= 0.6 is 11.3 Å². The van der Waals surface area contributed by atoms with Crippen molar-refractivity contribution in [2.45, 2.75) is 40.3 Å². The van der Waals surface area contributed by atoms with Crippen molar-refractivity contribution in [2.75, 3.05) is 37.7 Å². The van der Waals surface area contributed by atoms with Crippen molar-refractivity contribution >= 4 is 27.4 Å². The van der Waals surface area contributed by atoms with E-state index in [0.29, 0.717) is 24.9 Å². The van der Waals surface area contributed by atoms with Crippen LogP contribution in [0, 0.1) is 13.8 Å². The molecule has 4 rings (SSSR count). The molecule has 1 unspecified atom stereocenters. The number of nitrogens with zero attached hydrogens (tertiary/aromatic N) is 6. The van der Waals surface area contributed by atoms with Gasteiger partial charge in [-0.05, 0) is 38.6 Å². The maximum Gasteiger partial charge on any atom is 0.240 e. The van der Waals surface area contributed by atoms with Crippen molar-refractivity contribution < 1.29 is 9.26 Å². The highest BCUT2D eigenvalue weighted by Gasteiger charge is 2.23. The van der Waals surface area contributed by atoms with Gasteiger partial charge in [-0.25, -0.2) is 9.97 Å². The summed E-state index contributed by atoms with van der Waals surface area (Å²) in [6.45, 7) is 13.0. The lowest BCUT2D eigenvalue weighted by atomic mass is 10.2. The lowest BCUT2D eigenvalue weighted by Gasteiger charge is -2.35. The number of piperazine rings is 1. The first-order valence-electron chi connectivity index (χ1n) is 9.69. The average Bonchev–Trinajstić information content (AvgIpc) is 3.29. The van der Waals surface area contributed by atoms with E-state index in [1.807, 2.05) is 20.8 Å². The second kappa shape index (κ2) is 8.10. The summed E-state index contributed by atoms with van der Waals surface area (Å²) < 4.78 is 10.9. The lowest BCUT2D eigenvalue weighted by Crippen LogP contribution is -2.46. The minimum Gasteiger partial charge on any atom is -0.371 e. The number of aryl methyl sites for hydroxylation is 2. The monoisotopic (exact) mass is 402 g/mol. The van der Waals surface area contributed by atoms with E-state index in [9.17, 15) is 0 Å². The summed E-state index contributed by atoms with van der Waals surface area (Å²) in [5.41, 5.74) is 1.25. The van der Waals surface area contributed by atoms with Crippen LogP contribution in [0.15, 0.2) is 9.90 Å². The largest absolute Gasteiger partial charge is 0.371 e. The van der Waals surface area contributed by atoms with Gasteiger partial charge >= 0.3 is 0 Å². The summed E-state index contributed by atoms with van der Waals surface area (Å²) in [4.78, 5) is 19.6. The van der Waals surface area contributed by atoms with E-state index in [0.717, 1.165) is 42.7 Å². The zero-order chi connectivity index (χ0) is 19.7. The lowest BCUT2D eigenvalue weighted by molar-refractivity contribution is 0.0683. The number of hydrogen-bond acceptors (Lipinski definition) is 9. The first kappa shape index (κ1) is 19.2. The summed E-state index contributed by atoms with van der Waals surface area (Å²) in [5.74, 6) is 3.14. The second-order valence-electron chi connectivity index (χ2n) is 7.10. The number of thiophene rings is 1. The summed E-state index contributed by atoms with van der Waals surface area (Å²) >= 11 is 1.69. The SMILES string of the molecule is CCOC(C)c1noc(CN2CCN(c3nc(C)nc4scc(C)c34)CC2)n1. The molecule has 150 valence electrons. The Hall–Kier alpha value is -2.10. The molecule has 0 aliphatic carbocycles. The van der Waals surface area contributed by atoms with E-state index in [1.54, 1.807) is 11.3 Å². The van der Waals surface area contributed by atoms with Crippen LogP contribution in [0.2, 0.25) is 0 Å². The van der Waals surface area contributed by atoms with Crippen molar-refractivity contribution in [1.29, 1.82) is 0 Å². The predicted molar refractivity (Wildman–Crippen MR) is 109 cm³/mol. The number of aromatic nitrogens is 4. The van der Waals surface area contributed by atoms with Gasteiger partial charge < -0.3 is 14.2 Å². The number of anilines is 1.